The predicted molar refractivity (Wildman–Crippen MR) is 68.3 cm³/mol. The second kappa shape index (κ2) is 5.46. The summed E-state index contributed by atoms with van der Waals surface area (Å²) in [5.41, 5.74) is 7.17. The van der Waals surface area contributed by atoms with Gasteiger partial charge in [-0.25, -0.2) is 0 Å². The number of likely N-dealkylation sites (N-methyl/N-ethyl adjacent to an activating group) is 1. The molecule has 0 aromatic heterocycles. The summed E-state index contributed by atoms with van der Waals surface area (Å²) in [6.45, 7) is 1.99. The van der Waals surface area contributed by atoms with Crippen LogP contribution in [0, 0.1) is 5.92 Å². The van der Waals surface area contributed by atoms with Gasteiger partial charge in [-0.15, -0.1) is 0 Å². The van der Waals surface area contributed by atoms with Crippen LogP contribution in [-0.4, -0.2) is 31.1 Å². The molecule has 0 spiro atoms. The van der Waals surface area contributed by atoms with Gasteiger partial charge < -0.3 is 10.6 Å². The molecule has 0 saturated heterocycles. The fraction of sp³-hybridized carbons (Fsp3) is 0.571. The SMILES string of the molecule is CN(CCc1ccccc1)C1CCC1CN. The molecule has 1 fully saturated rings. The van der Waals surface area contributed by atoms with Crippen molar-refractivity contribution in [3.8, 4) is 0 Å². The molecule has 1 aliphatic rings. The van der Waals surface area contributed by atoms with Crippen LogP contribution >= 0.6 is 0 Å². The summed E-state index contributed by atoms with van der Waals surface area (Å²) in [5, 5.41) is 0. The maximum Gasteiger partial charge on any atom is 0.0133 e. The lowest BCUT2D eigenvalue weighted by Gasteiger charge is -2.42. The van der Waals surface area contributed by atoms with Crippen molar-refractivity contribution < 1.29 is 0 Å². The van der Waals surface area contributed by atoms with Crippen molar-refractivity contribution >= 4 is 0 Å². The van der Waals surface area contributed by atoms with Crippen molar-refractivity contribution in [2.24, 2.45) is 11.7 Å². The van der Waals surface area contributed by atoms with E-state index in [2.05, 4.69) is 42.3 Å². The van der Waals surface area contributed by atoms with Gasteiger partial charge in [-0.2, -0.15) is 0 Å². The summed E-state index contributed by atoms with van der Waals surface area (Å²) in [4.78, 5) is 2.48. The van der Waals surface area contributed by atoms with Crippen LogP contribution in [0.25, 0.3) is 0 Å². The van der Waals surface area contributed by atoms with Gasteiger partial charge in [0.1, 0.15) is 0 Å². The monoisotopic (exact) mass is 218 g/mol. The molecule has 88 valence electrons. The average Bonchev–Trinajstić information content (AvgIpc) is 2.27. The van der Waals surface area contributed by atoms with Gasteiger partial charge in [0.05, 0.1) is 0 Å². The molecular formula is C14H22N2. The predicted octanol–water partition coefficient (Wildman–Crippen LogP) is 1.90. The smallest absolute Gasteiger partial charge is 0.0133 e. The number of hydrogen-bond donors (Lipinski definition) is 1. The molecule has 2 heteroatoms. The highest BCUT2D eigenvalue weighted by Crippen LogP contribution is 2.30. The highest BCUT2D eigenvalue weighted by molar-refractivity contribution is 5.14. The van der Waals surface area contributed by atoms with Crippen molar-refractivity contribution in [1.29, 1.82) is 0 Å². The second-order valence-corrected chi connectivity index (χ2v) is 4.86. The Morgan fingerprint density at radius 2 is 2.00 bits per heavy atom. The van der Waals surface area contributed by atoms with Gasteiger partial charge in [-0.3, -0.25) is 0 Å². The molecule has 2 rings (SSSR count). The molecule has 1 aromatic carbocycles. The molecule has 16 heavy (non-hydrogen) atoms. The number of rotatable bonds is 5. The van der Waals surface area contributed by atoms with E-state index in [1.807, 2.05) is 0 Å². The maximum atomic E-state index is 5.74. The zero-order chi connectivity index (χ0) is 11.4. The van der Waals surface area contributed by atoms with E-state index in [9.17, 15) is 0 Å². The molecule has 2 nitrogen and oxygen atoms in total. The van der Waals surface area contributed by atoms with Gasteiger partial charge in [0.25, 0.3) is 0 Å². The van der Waals surface area contributed by atoms with Crippen LogP contribution in [0.3, 0.4) is 0 Å². The van der Waals surface area contributed by atoms with Gasteiger partial charge in [0, 0.05) is 12.6 Å². The van der Waals surface area contributed by atoms with Gasteiger partial charge in [-0.05, 0) is 44.3 Å². The minimum Gasteiger partial charge on any atom is -0.330 e. The normalized spacial score (nSPS) is 24.4. The summed E-state index contributed by atoms with van der Waals surface area (Å²) < 4.78 is 0. The maximum absolute atomic E-state index is 5.74. The first-order valence-electron chi connectivity index (χ1n) is 6.25. The van der Waals surface area contributed by atoms with Crippen LogP contribution < -0.4 is 5.73 Å². The molecule has 1 saturated carbocycles. The number of hydrogen-bond acceptors (Lipinski definition) is 2. The van der Waals surface area contributed by atoms with Crippen LogP contribution in [0.2, 0.25) is 0 Å². The van der Waals surface area contributed by atoms with Gasteiger partial charge >= 0.3 is 0 Å². The van der Waals surface area contributed by atoms with Crippen LogP contribution in [0.1, 0.15) is 18.4 Å². The second-order valence-electron chi connectivity index (χ2n) is 4.86. The topological polar surface area (TPSA) is 29.3 Å². The van der Waals surface area contributed by atoms with E-state index in [0.29, 0.717) is 0 Å². The minimum atomic E-state index is 0.730. The largest absolute Gasteiger partial charge is 0.330 e. The number of nitrogens with two attached hydrogens (primary N) is 1. The zero-order valence-corrected chi connectivity index (χ0v) is 10.1. The molecule has 0 heterocycles. The Balaban J connectivity index is 1.78. The zero-order valence-electron chi connectivity index (χ0n) is 10.1. The van der Waals surface area contributed by atoms with Crippen molar-refractivity contribution in [1.82, 2.24) is 4.90 Å². The molecule has 0 amide bonds. The standard InChI is InChI=1S/C14H22N2/c1-16(14-8-7-13(14)11-15)10-9-12-5-3-2-4-6-12/h2-6,13-14H,7-11,15H2,1H3. The van der Waals surface area contributed by atoms with Gasteiger partial charge in [0.2, 0.25) is 0 Å². The summed E-state index contributed by atoms with van der Waals surface area (Å²) in [6.07, 6.45) is 3.79. The Morgan fingerprint density at radius 1 is 1.25 bits per heavy atom. The first kappa shape index (κ1) is 11.6. The van der Waals surface area contributed by atoms with Crippen molar-refractivity contribution in [3.05, 3.63) is 35.9 Å². The molecule has 0 radical (unpaired) electrons. The van der Waals surface area contributed by atoms with E-state index in [1.54, 1.807) is 0 Å². The molecular weight excluding hydrogens is 196 g/mol. The molecule has 0 bridgehead atoms. The van der Waals surface area contributed by atoms with Gasteiger partial charge in [0.15, 0.2) is 0 Å². The fourth-order valence-electron chi connectivity index (χ4n) is 2.52. The summed E-state index contributed by atoms with van der Waals surface area (Å²) in [6, 6.07) is 11.4. The van der Waals surface area contributed by atoms with Crippen molar-refractivity contribution in [3.63, 3.8) is 0 Å². The molecule has 1 aliphatic carbocycles. The van der Waals surface area contributed by atoms with Gasteiger partial charge in [-0.1, -0.05) is 30.3 Å². The number of benzene rings is 1. The van der Waals surface area contributed by atoms with E-state index >= 15 is 0 Å². The Labute approximate surface area is 98.4 Å². The third-order valence-electron chi connectivity index (χ3n) is 3.84. The summed E-state index contributed by atoms with van der Waals surface area (Å²) in [5.74, 6) is 0.737. The Morgan fingerprint density at radius 3 is 2.56 bits per heavy atom. The number of nitrogens with zero attached hydrogens (tertiary/aromatic N) is 1. The summed E-state index contributed by atoms with van der Waals surface area (Å²) in [7, 11) is 2.23. The summed E-state index contributed by atoms with van der Waals surface area (Å²) >= 11 is 0. The highest BCUT2D eigenvalue weighted by Gasteiger charge is 2.32. The Hall–Kier alpha value is -0.860. The first-order valence-corrected chi connectivity index (χ1v) is 6.25. The molecule has 2 unspecified atom stereocenters. The van der Waals surface area contributed by atoms with E-state index in [-0.39, 0.29) is 0 Å². The average molecular weight is 218 g/mol. The van der Waals surface area contributed by atoms with Crippen LogP contribution in [0.4, 0.5) is 0 Å². The Bertz CT molecular complexity index is 308. The lowest BCUT2D eigenvalue weighted by atomic mass is 9.78. The van der Waals surface area contributed by atoms with Crippen LogP contribution in [0.15, 0.2) is 30.3 Å². The first-order chi connectivity index (χ1) is 7.81. The quantitative estimate of drug-likeness (QED) is 0.818. The molecule has 1 aromatic rings. The molecule has 2 N–H and O–H groups in total. The van der Waals surface area contributed by atoms with E-state index in [0.717, 1.165) is 31.5 Å². The molecule has 2 atom stereocenters. The van der Waals surface area contributed by atoms with E-state index in [1.165, 1.54) is 18.4 Å². The molecule has 0 aliphatic heterocycles. The van der Waals surface area contributed by atoms with Crippen LogP contribution in [0.5, 0.6) is 0 Å². The third-order valence-corrected chi connectivity index (χ3v) is 3.84. The minimum absolute atomic E-state index is 0.730. The third kappa shape index (κ3) is 2.63. The van der Waals surface area contributed by atoms with Crippen molar-refractivity contribution in [2.75, 3.05) is 20.1 Å². The van der Waals surface area contributed by atoms with E-state index in [4.69, 9.17) is 5.73 Å². The highest BCUT2D eigenvalue weighted by atomic mass is 15.1. The lowest BCUT2D eigenvalue weighted by molar-refractivity contribution is 0.0907. The lowest BCUT2D eigenvalue weighted by Crippen LogP contribution is -2.48. The Kier molecular flexibility index (Phi) is 3.97. The fourth-order valence-corrected chi connectivity index (χ4v) is 2.52. The van der Waals surface area contributed by atoms with Crippen LogP contribution in [-0.2, 0) is 6.42 Å². The van der Waals surface area contributed by atoms with Crippen molar-refractivity contribution in [2.45, 2.75) is 25.3 Å². The van der Waals surface area contributed by atoms with E-state index < -0.39 is 0 Å².